The van der Waals surface area contributed by atoms with Crippen molar-refractivity contribution in [1.29, 1.82) is 0 Å². The Hall–Kier alpha value is -2.33. The molecule has 0 radical (unpaired) electrons. The van der Waals surface area contributed by atoms with Gasteiger partial charge in [-0.3, -0.25) is 0 Å². The van der Waals surface area contributed by atoms with Gasteiger partial charge in [0.1, 0.15) is 6.61 Å². The minimum atomic E-state index is -0.742. The van der Waals surface area contributed by atoms with Crippen molar-refractivity contribution < 1.29 is 14.3 Å². The summed E-state index contributed by atoms with van der Waals surface area (Å²) in [6, 6.07) is 19.9. The first kappa shape index (κ1) is 16.0. The van der Waals surface area contributed by atoms with Gasteiger partial charge in [-0.25, -0.2) is 4.79 Å². The van der Waals surface area contributed by atoms with E-state index >= 15 is 0 Å². The second kappa shape index (κ2) is 8.20. The minimum Gasteiger partial charge on any atom is -0.445 e. The highest BCUT2D eigenvalue weighted by molar-refractivity contribution is 5.64. The molecule has 1 aliphatic rings. The SMILES string of the molecule is CC(c1ccccc1)C1CO1.NC(=O)OCc1ccccc1. The number of nitrogens with two attached hydrogens (primary N) is 1. The third kappa shape index (κ3) is 5.58. The Kier molecular flexibility index (Phi) is 5.98. The molecule has 22 heavy (non-hydrogen) atoms. The van der Waals surface area contributed by atoms with Crippen molar-refractivity contribution >= 4 is 6.09 Å². The summed E-state index contributed by atoms with van der Waals surface area (Å²) < 4.78 is 9.79. The zero-order chi connectivity index (χ0) is 15.8. The fourth-order valence-corrected chi connectivity index (χ4v) is 2.04. The smallest absolute Gasteiger partial charge is 0.404 e. The largest absolute Gasteiger partial charge is 0.445 e. The number of rotatable bonds is 4. The fourth-order valence-electron chi connectivity index (χ4n) is 2.04. The standard InChI is InChI=1S/C10H12O.C8H9NO2/c1-8(10-7-11-10)9-5-3-2-4-6-9;9-8(10)11-6-7-4-2-1-3-5-7/h2-6,8,10H,7H2,1H3;1-5H,6H2,(H2,9,10). The molecule has 116 valence electrons. The summed E-state index contributed by atoms with van der Waals surface area (Å²) in [5.41, 5.74) is 7.10. The molecule has 0 spiro atoms. The van der Waals surface area contributed by atoms with Gasteiger partial charge in [-0.1, -0.05) is 67.6 Å². The van der Waals surface area contributed by atoms with Gasteiger partial charge in [0.15, 0.2) is 0 Å². The van der Waals surface area contributed by atoms with Crippen molar-refractivity contribution in [2.45, 2.75) is 25.6 Å². The molecular weight excluding hydrogens is 278 g/mol. The highest BCUT2D eigenvalue weighted by atomic mass is 16.6. The van der Waals surface area contributed by atoms with Crippen LogP contribution in [0.4, 0.5) is 4.79 Å². The molecule has 0 saturated carbocycles. The fraction of sp³-hybridized carbons (Fsp3) is 0.278. The molecule has 2 N–H and O–H groups in total. The Morgan fingerprint density at radius 2 is 1.73 bits per heavy atom. The number of amides is 1. The predicted molar refractivity (Wildman–Crippen MR) is 85.4 cm³/mol. The second-order valence-corrected chi connectivity index (χ2v) is 5.16. The second-order valence-electron chi connectivity index (χ2n) is 5.16. The predicted octanol–water partition coefficient (Wildman–Crippen LogP) is 3.47. The van der Waals surface area contributed by atoms with Crippen molar-refractivity contribution in [2.75, 3.05) is 6.61 Å². The van der Waals surface area contributed by atoms with Crippen molar-refractivity contribution in [1.82, 2.24) is 0 Å². The Labute approximate surface area is 130 Å². The number of benzene rings is 2. The van der Waals surface area contributed by atoms with E-state index in [2.05, 4.69) is 35.9 Å². The van der Waals surface area contributed by atoms with Crippen molar-refractivity contribution in [3.63, 3.8) is 0 Å². The highest BCUT2D eigenvalue weighted by Crippen LogP contribution is 2.28. The first-order valence-electron chi connectivity index (χ1n) is 7.29. The third-order valence-electron chi connectivity index (χ3n) is 3.47. The van der Waals surface area contributed by atoms with Crippen LogP contribution < -0.4 is 5.73 Å². The highest BCUT2D eigenvalue weighted by Gasteiger charge is 2.29. The maximum atomic E-state index is 10.2. The van der Waals surface area contributed by atoms with E-state index in [1.807, 2.05) is 36.4 Å². The molecule has 2 atom stereocenters. The molecule has 1 saturated heterocycles. The first-order valence-corrected chi connectivity index (χ1v) is 7.29. The van der Waals surface area contributed by atoms with E-state index in [9.17, 15) is 4.79 Å². The molecular formula is C18H21NO3. The number of carbonyl (C=O) groups is 1. The van der Waals surface area contributed by atoms with Gasteiger partial charge in [0.2, 0.25) is 0 Å². The van der Waals surface area contributed by atoms with Gasteiger partial charge >= 0.3 is 6.09 Å². The number of carbonyl (C=O) groups excluding carboxylic acids is 1. The normalized spacial score (nSPS) is 16.9. The lowest BCUT2D eigenvalue weighted by Gasteiger charge is -2.06. The Morgan fingerprint density at radius 1 is 1.18 bits per heavy atom. The summed E-state index contributed by atoms with van der Waals surface area (Å²) in [4.78, 5) is 10.2. The van der Waals surface area contributed by atoms with Crippen molar-refractivity contribution in [3.8, 4) is 0 Å². The van der Waals surface area contributed by atoms with E-state index in [-0.39, 0.29) is 6.61 Å². The first-order chi connectivity index (χ1) is 10.7. The van der Waals surface area contributed by atoms with Crippen LogP contribution in [0.2, 0.25) is 0 Å². The topological polar surface area (TPSA) is 64.8 Å². The van der Waals surface area contributed by atoms with E-state index in [0.29, 0.717) is 12.0 Å². The monoisotopic (exact) mass is 299 g/mol. The minimum absolute atomic E-state index is 0.246. The van der Waals surface area contributed by atoms with Gasteiger partial charge in [-0.05, 0) is 11.1 Å². The van der Waals surface area contributed by atoms with Crippen LogP contribution in [0.1, 0.15) is 24.0 Å². The molecule has 1 heterocycles. The zero-order valence-corrected chi connectivity index (χ0v) is 12.6. The maximum Gasteiger partial charge on any atom is 0.404 e. The molecule has 4 heteroatoms. The van der Waals surface area contributed by atoms with Crippen molar-refractivity contribution in [2.24, 2.45) is 5.73 Å². The lowest BCUT2D eigenvalue weighted by atomic mass is 9.99. The van der Waals surface area contributed by atoms with Crippen LogP contribution in [0.15, 0.2) is 60.7 Å². The van der Waals surface area contributed by atoms with E-state index < -0.39 is 6.09 Å². The molecule has 4 nitrogen and oxygen atoms in total. The average molecular weight is 299 g/mol. The lowest BCUT2D eigenvalue weighted by molar-refractivity contribution is 0.150. The van der Waals surface area contributed by atoms with Crippen LogP contribution in [0.3, 0.4) is 0 Å². The Balaban J connectivity index is 0.000000160. The number of hydrogen-bond donors (Lipinski definition) is 1. The number of epoxide rings is 1. The number of ether oxygens (including phenoxy) is 2. The number of primary amides is 1. The van der Waals surface area contributed by atoms with Gasteiger partial charge in [-0.15, -0.1) is 0 Å². The quantitative estimate of drug-likeness (QED) is 0.879. The summed E-state index contributed by atoms with van der Waals surface area (Å²) >= 11 is 0. The Bertz CT molecular complexity index is 567. The van der Waals surface area contributed by atoms with Gasteiger partial charge in [0.05, 0.1) is 12.7 Å². The third-order valence-corrected chi connectivity index (χ3v) is 3.47. The van der Waals surface area contributed by atoms with Gasteiger partial charge in [-0.2, -0.15) is 0 Å². The summed E-state index contributed by atoms with van der Waals surface area (Å²) in [7, 11) is 0. The van der Waals surface area contributed by atoms with Crippen LogP contribution in [0.5, 0.6) is 0 Å². The Morgan fingerprint density at radius 3 is 2.23 bits per heavy atom. The van der Waals surface area contributed by atoms with Gasteiger partial charge in [0.25, 0.3) is 0 Å². The molecule has 1 fully saturated rings. The summed E-state index contributed by atoms with van der Waals surface area (Å²) in [5, 5.41) is 0. The molecule has 1 amide bonds. The summed E-state index contributed by atoms with van der Waals surface area (Å²) in [6.45, 7) is 3.40. The average Bonchev–Trinajstić information content (AvgIpc) is 3.40. The molecule has 1 aliphatic heterocycles. The lowest BCUT2D eigenvalue weighted by Crippen LogP contribution is -2.12. The van der Waals surface area contributed by atoms with Gasteiger partial charge in [0, 0.05) is 5.92 Å². The van der Waals surface area contributed by atoms with E-state index in [4.69, 9.17) is 10.5 Å². The summed E-state index contributed by atoms with van der Waals surface area (Å²) in [6.07, 6.45) is -0.258. The van der Waals surface area contributed by atoms with E-state index in [1.165, 1.54) is 5.56 Å². The van der Waals surface area contributed by atoms with Crippen LogP contribution in [0, 0.1) is 0 Å². The van der Waals surface area contributed by atoms with Crippen molar-refractivity contribution in [3.05, 3.63) is 71.8 Å². The van der Waals surface area contributed by atoms with Crippen LogP contribution in [-0.2, 0) is 16.1 Å². The molecule has 0 bridgehead atoms. The maximum absolute atomic E-state index is 10.2. The van der Waals surface area contributed by atoms with Crippen LogP contribution >= 0.6 is 0 Å². The molecule has 2 aromatic carbocycles. The van der Waals surface area contributed by atoms with Crippen LogP contribution in [-0.4, -0.2) is 18.8 Å². The molecule has 0 aromatic heterocycles. The molecule has 2 aromatic rings. The van der Waals surface area contributed by atoms with Crippen LogP contribution in [0.25, 0.3) is 0 Å². The van der Waals surface area contributed by atoms with E-state index in [0.717, 1.165) is 12.2 Å². The zero-order valence-electron chi connectivity index (χ0n) is 12.6. The summed E-state index contributed by atoms with van der Waals surface area (Å²) in [5.74, 6) is 0.566. The molecule has 2 unspecified atom stereocenters. The van der Waals surface area contributed by atoms with Gasteiger partial charge < -0.3 is 15.2 Å². The molecule has 3 rings (SSSR count). The number of hydrogen-bond acceptors (Lipinski definition) is 3. The molecule has 0 aliphatic carbocycles. The van der Waals surface area contributed by atoms with E-state index in [1.54, 1.807) is 0 Å².